The standard InChI is InChI=1S/C16H24N2O/c1-11-7-13(3)14(8-12(11)2)15(19)18-10-16(9-17)5-4-6-16/h7-8H,4-6,9-10,17H2,1-3H3,(H,18,19). The molecule has 1 aliphatic rings. The number of rotatable bonds is 4. The molecule has 1 amide bonds. The molecule has 1 saturated carbocycles. The molecular weight excluding hydrogens is 236 g/mol. The average molecular weight is 260 g/mol. The number of carbonyl (C=O) groups excluding carboxylic acids is 1. The molecule has 2 rings (SSSR count). The number of amides is 1. The maximum absolute atomic E-state index is 12.3. The van der Waals surface area contributed by atoms with Crippen LogP contribution < -0.4 is 11.1 Å². The van der Waals surface area contributed by atoms with Gasteiger partial charge in [-0.3, -0.25) is 4.79 Å². The highest BCUT2D eigenvalue weighted by Gasteiger charge is 2.35. The zero-order valence-electron chi connectivity index (χ0n) is 12.2. The van der Waals surface area contributed by atoms with Crippen molar-refractivity contribution >= 4 is 5.91 Å². The fourth-order valence-electron chi connectivity index (χ4n) is 2.70. The fourth-order valence-corrected chi connectivity index (χ4v) is 2.70. The van der Waals surface area contributed by atoms with Gasteiger partial charge in [-0.2, -0.15) is 0 Å². The Bertz CT molecular complexity index is 484. The first-order chi connectivity index (χ1) is 8.97. The third-order valence-electron chi connectivity index (χ3n) is 4.56. The van der Waals surface area contributed by atoms with Crippen molar-refractivity contribution in [3.8, 4) is 0 Å². The van der Waals surface area contributed by atoms with E-state index < -0.39 is 0 Å². The van der Waals surface area contributed by atoms with Crippen LogP contribution >= 0.6 is 0 Å². The number of hydrogen-bond donors (Lipinski definition) is 2. The van der Waals surface area contributed by atoms with Crippen molar-refractivity contribution in [3.63, 3.8) is 0 Å². The summed E-state index contributed by atoms with van der Waals surface area (Å²) in [7, 11) is 0. The Morgan fingerprint density at radius 1 is 1.21 bits per heavy atom. The topological polar surface area (TPSA) is 55.1 Å². The van der Waals surface area contributed by atoms with Crippen LogP contribution in [0.4, 0.5) is 0 Å². The minimum Gasteiger partial charge on any atom is -0.351 e. The minimum atomic E-state index is 0.0281. The Balaban J connectivity index is 2.06. The van der Waals surface area contributed by atoms with Crippen molar-refractivity contribution in [3.05, 3.63) is 34.4 Å². The van der Waals surface area contributed by atoms with E-state index in [0.29, 0.717) is 13.1 Å². The third kappa shape index (κ3) is 2.81. The summed E-state index contributed by atoms with van der Waals surface area (Å²) in [5.41, 5.74) is 10.2. The molecule has 3 nitrogen and oxygen atoms in total. The maximum Gasteiger partial charge on any atom is 0.251 e. The Kier molecular flexibility index (Phi) is 3.95. The number of nitrogens with two attached hydrogens (primary N) is 1. The van der Waals surface area contributed by atoms with Gasteiger partial charge in [-0.1, -0.05) is 12.5 Å². The van der Waals surface area contributed by atoms with Gasteiger partial charge >= 0.3 is 0 Å². The van der Waals surface area contributed by atoms with E-state index in [-0.39, 0.29) is 11.3 Å². The lowest BCUT2D eigenvalue weighted by Gasteiger charge is -2.41. The molecule has 1 aliphatic carbocycles. The van der Waals surface area contributed by atoms with Crippen molar-refractivity contribution in [1.82, 2.24) is 5.32 Å². The molecule has 1 aromatic carbocycles. The zero-order chi connectivity index (χ0) is 14.0. The second-order valence-corrected chi connectivity index (χ2v) is 5.99. The normalized spacial score (nSPS) is 16.8. The monoisotopic (exact) mass is 260 g/mol. The van der Waals surface area contributed by atoms with E-state index >= 15 is 0 Å². The Hall–Kier alpha value is -1.35. The smallest absolute Gasteiger partial charge is 0.251 e. The van der Waals surface area contributed by atoms with Crippen LogP contribution in [0.5, 0.6) is 0 Å². The first-order valence-electron chi connectivity index (χ1n) is 7.03. The van der Waals surface area contributed by atoms with E-state index in [1.54, 1.807) is 0 Å². The van der Waals surface area contributed by atoms with Crippen molar-refractivity contribution in [1.29, 1.82) is 0 Å². The number of nitrogens with one attached hydrogen (secondary N) is 1. The van der Waals surface area contributed by atoms with Gasteiger partial charge in [0.1, 0.15) is 0 Å². The van der Waals surface area contributed by atoms with Gasteiger partial charge in [0.25, 0.3) is 5.91 Å². The van der Waals surface area contributed by atoms with Crippen LogP contribution in [0.15, 0.2) is 12.1 Å². The molecule has 0 saturated heterocycles. The molecule has 0 aromatic heterocycles. The van der Waals surface area contributed by atoms with Crippen LogP contribution in [0.2, 0.25) is 0 Å². The molecule has 0 aliphatic heterocycles. The molecular formula is C16H24N2O. The van der Waals surface area contributed by atoms with Gasteiger partial charge < -0.3 is 11.1 Å². The SMILES string of the molecule is Cc1cc(C)c(C(=O)NCC2(CN)CCC2)cc1C. The quantitative estimate of drug-likeness (QED) is 0.873. The predicted octanol–water partition coefficient (Wildman–Crippen LogP) is 2.47. The molecule has 0 bridgehead atoms. The largest absolute Gasteiger partial charge is 0.351 e. The molecule has 0 heterocycles. The number of benzene rings is 1. The van der Waals surface area contributed by atoms with E-state index in [0.717, 1.165) is 29.5 Å². The molecule has 0 atom stereocenters. The molecule has 1 fully saturated rings. The highest BCUT2D eigenvalue weighted by atomic mass is 16.1. The summed E-state index contributed by atoms with van der Waals surface area (Å²) in [6.07, 6.45) is 3.50. The van der Waals surface area contributed by atoms with Crippen LogP contribution in [-0.4, -0.2) is 19.0 Å². The lowest BCUT2D eigenvalue weighted by Crippen LogP contribution is -2.47. The first kappa shape index (κ1) is 14.1. The van der Waals surface area contributed by atoms with Gasteiger partial charge in [0.2, 0.25) is 0 Å². The summed E-state index contributed by atoms with van der Waals surface area (Å²) in [6, 6.07) is 4.06. The highest BCUT2D eigenvalue weighted by Crippen LogP contribution is 2.39. The number of carbonyl (C=O) groups is 1. The van der Waals surface area contributed by atoms with Gasteiger partial charge in [-0.15, -0.1) is 0 Å². The maximum atomic E-state index is 12.3. The Morgan fingerprint density at radius 2 is 1.84 bits per heavy atom. The predicted molar refractivity (Wildman–Crippen MR) is 78.3 cm³/mol. The molecule has 3 N–H and O–H groups in total. The van der Waals surface area contributed by atoms with Crippen LogP contribution in [0.3, 0.4) is 0 Å². The van der Waals surface area contributed by atoms with E-state index in [1.165, 1.54) is 12.0 Å². The summed E-state index contributed by atoms with van der Waals surface area (Å²) in [4.78, 5) is 12.3. The number of aryl methyl sites for hydroxylation is 3. The third-order valence-corrected chi connectivity index (χ3v) is 4.56. The first-order valence-corrected chi connectivity index (χ1v) is 7.03. The summed E-state index contributed by atoms with van der Waals surface area (Å²) in [5.74, 6) is 0.0281. The summed E-state index contributed by atoms with van der Waals surface area (Å²) >= 11 is 0. The van der Waals surface area contributed by atoms with Gasteiger partial charge in [0.15, 0.2) is 0 Å². The molecule has 1 aromatic rings. The van der Waals surface area contributed by atoms with Gasteiger partial charge in [-0.25, -0.2) is 0 Å². The van der Waals surface area contributed by atoms with Gasteiger partial charge in [-0.05, 0) is 68.3 Å². The van der Waals surface area contributed by atoms with E-state index in [4.69, 9.17) is 5.73 Å². The molecule has 0 spiro atoms. The van der Waals surface area contributed by atoms with Crippen molar-refractivity contribution in [2.75, 3.05) is 13.1 Å². The molecule has 0 radical (unpaired) electrons. The van der Waals surface area contributed by atoms with Crippen molar-refractivity contribution in [2.45, 2.75) is 40.0 Å². The van der Waals surface area contributed by atoms with E-state index in [2.05, 4.69) is 18.3 Å². The fraction of sp³-hybridized carbons (Fsp3) is 0.562. The molecule has 3 heteroatoms. The molecule has 0 unspecified atom stereocenters. The molecule has 104 valence electrons. The van der Waals surface area contributed by atoms with Crippen LogP contribution in [0, 0.1) is 26.2 Å². The van der Waals surface area contributed by atoms with Crippen LogP contribution in [0.1, 0.15) is 46.3 Å². The number of hydrogen-bond acceptors (Lipinski definition) is 2. The Morgan fingerprint density at radius 3 is 2.37 bits per heavy atom. The lowest BCUT2D eigenvalue weighted by molar-refractivity contribution is 0.0875. The molecule has 19 heavy (non-hydrogen) atoms. The summed E-state index contributed by atoms with van der Waals surface area (Å²) < 4.78 is 0. The zero-order valence-corrected chi connectivity index (χ0v) is 12.2. The summed E-state index contributed by atoms with van der Waals surface area (Å²) in [6.45, 7) is 7.47. The van der Waals surface area contributed by atoms with Crippen LogP contribution in [0.25, 0.3) is 0 Å². The Labute approximate surface area is 115 Å². The van der Waals surface area contributed by atoms with Crippen LogP contribution in [-0.2, 0) is 0 Å². The van der Waals surface area contributed by atoms with Crippen molar-refractivity contribution < 1.29 is 4.79 Å². The summed E-state index contributed by atoms with van der Waals surface area (Å²) in [5, 5.41) is 3.06. The lowest BCUT2D eigenvalue weighted by atomic mass is 9.69. The second-order valence-electron chi connectivity index (χ2n) is 5.99. The minimum absolute atomic E-state index is 0.0281. The average Bonchev–Trinajstić information content (AvgIpc) is 2.32. The van der Waals surface area contributed by atoms with E-state index in [1.807, 2.05) is 19.9 Å². The highest BCUT2D eigenvalue weighted by molar-refractivity contribution is 5.96. The van der Waals surface area contributed by atoms with Gasteiger partial charge in [0, 0.05) is 12.1 Å². The van der Waals surface area contributed by atoms with Gasteiger partial charge in [0.05, 0.1) is 0 Å². The van der Waals surface area contributed by atoms with E-state index in [9.17, 15) is 4.79 Å². The van der Waals surface area contributed by atoms with Crippen molar-refractivity contribution in [2.24, 2.45) is 11.1 Å². The second kappa shape index (κ2) is 5.33.